The van der Waals surface area contributed by atoms with Crippen LogP contribution >= 0.6 is 0 Å². The van der Waals surface area contributed by atoms with Crippen molar-refractivity contribution in [2.75, 3.05) is 45.5 Å². The van der Waals surface area contributed by atoms with E-state index in [2.05, 4.69) is 27.5 Å². The van der Waals surface area contributed by atoms with Crippen LogP contribution in [0.4, 0.5) is 18.9 Å². The summed E-state index contributed by atoms with van der Waals surface area (Å²) in [6.07, 6.45) is -2.37. The summed E-state index contributed by atoms with van der Waals surface area (Å²) in [6, 6.07) is 7.23. The van der Waals surface area contributed by atoms with Crippen molar-refractivity contribution in [1.82, 2.24) is 14.9 Å². The van der Waals surface area contributed by atoms with Gasteiger partial charge in [0, 0.05) is 25.5 Å². The quantitative estimate of drug-likeness (QED) is 0.318. The maximum absolute atomic E-state index is 13.1. The van der Waals surface area contributed by atoms with Crippen molar-refractivity contribution in [3.8, 4) is 17.6 Å². The highest BCUT2D eigenvalue weighted by Crippen LogP contribution is 2.27. The zero-order valence-electron chi connectivity index (χ0n) is 20.3. The van der Waals surface area contributed by atoms with Crippen LogP contribution in [0.1, 0.15) is 15.9 Å². The zero-order chi connectivity index (χ0) is 27.2. The average molecular weight is 539 g/mol. The molecule has 0 aliphatic heterocycles. The first-order valence-corrected chi connectivity index (χ1v) is 12.8. The summed E-state index contributed by atoms with van der Waals surface area (Å²) in [5, 5.41) is 5.61. The highest BCUT2D eigenvalue weighted by Gasteiger charge is 2.29. The van der Waals surface area contributed by atoms with Crippen LogP contribution in [0.15, 0.2) is 41.6 Å². The predicted octanol–water partition coefficient (Wildman–Crippen LogP) is 2.85. The second-order valence-electron chi connectivity index (χ2n) is 7.92. The number of methoxy groups -OCH3 is 2. The van der Waals surface area contributed by atoms with E-state index in [0.717, 1.165) is 17.2 Å². The van der Waals surface area contributed by atoms with Crippen molar-refractivity contribution < 1.29 is 35.9 Å². The van der Waals surface area contributed by atoms with Gasteiger partial charge in [-0.15, -0.1) is 0 Å². The number of fused-ring (bicyclic) bond motifs is 1. The fraction of sp³-hybridized carbons (Fsp3) is 0.333. The number of aromatic nitrogens is 2. The van der Waals surface area contributed by atoms with Crippen LogP contribution in [-0.4, -0.2) is 70.2 Å². The minimum absolute atomic E-state index is 0.0544. The molecule has 2 N–H and O–H groups in total. The van der Waals surface area contributed by atoms with Gasteiger partial charge in [-0.25, -0.2) is 13.4 Å². The number of rotatable bonds is 9. The molecule has 0 saturated heterocycles. The van der Waals surface area contributed by atoms with E-state index in [1.54, 1.807) is 0 Å². The molecule has 0 saturated carbocycles. The van der Waals surface area contributed by atoms with E-state index < -0.39 is 28.5 Å². The summed E-state index contributed by atoms with van der Waals surface area (Å²) in [5.41, 5.74) is 1.000. The number of hydrogen-bond acceptors (Lipinski definition) is 7. The van der Waals surface area contributed by atoms with E-state index in [1.807, 2.05) is 0 Å². The summed E-state index contributed by atoms with van der Waals surface area (Å²) in [7, 11) is -0.535. The molecule has 0 fully saturated rings. The van der Waals surface area contributed by atoms with Crippen molar-refractivity contribution >= 4 is 32.5 Å². The molecule has 0 spiro atoms. The molecule has 0 aliphatic carbocycles. The molecule has 2 aromatic carbocycles. The number of alkyl halides is 3. The van der Waals surface area contributed by atoms with Crippen LogP contribution in [0, 0.1) is 11.8 Å². The van der Waals surface area contributed by atoms with Crippen LogP contribution in [0.25, 0.3) is 11.0 Å². The van der Waals surface area contributed by atoms with E-state index in [9.17, 15) is 26.4 Å². The Balaban J connectivity index is 1.92. The zero-order valence-corrected chi connectivity index (χ0v) is 21.1. The molecule has 37 heavy (non-hydrogen) atoms. The summed E-state index contributed by atoms with van der Waals surface area (Å²) < 4.78 is 74.0. The number of nitrogens with zero attached hydrogens (tertiary/aromatic N) is 2. The molecule has 3 aromatic rings. The standard InChI is InChI=1S/C24H25F3N4O5S/c1-35-10-9-29-23(32)18-11-16(12-20-22(18)30-15-31(20)14-24(25,26)27)5-4-8-28-19-13-17(37(3,33)34)6-7-21(19)36-2/h6-7,11-13,15,28H,8-10,14H2,1-3H3,(H,29,32). The van der Waals surface area contributed by atoms with Gasteiger partial charge >= 0.3 is 6.18 Å². The number of carbonyl (C=O) groups is 1. The molecule has 0 bridgehead atoms. The number of ether oxygens (including phenoxy) is 2. The maximum atomic E-state index is 13.1. The molecule has 1 aromatic heterocycles. The van der Waals surface area contributed by atoms with Gasteiger partial charge in [0.05, 0.1) is 48.3 Å². The maximum Gasteiger partial charge on any atom is 0.406 e. The Kier molecular flexibility index (Phi) is 8.67. The molecule has 3 rings (SSSR count). The van der Waals surface area contributed by atoms with Crippen LogP contribution in [0.3, 0.4) is 0 Å². The first kappa shape index (κ1) is 27.8. The van der Waals surface area contributed by atoms with E-state index in [1.165, 1.54) is 44.6 Å². The van der Waals surface area contributed by atoms with Crippen LogP contribution in [-0.2, 0) is 21.1 Å². The third-order valence-electron chi connectivity index (χ3n) is 5.11. The lowest BCUT2D eigenvalue weighted by molar-refractivity contribution is -0.139. The Hall–Kier alpha value is -3.76. The number of carbonyl (C=O) groups excluding carboxylic acids is 1. The first-order chi connectivity index (χ1) is 17.4. The summed E-state index contributed by atoms with van der Waals surface area (Å²) in [5.74, 6) is 5.55. The normalized spacial score (nSPS) is 11.6. The summed E-state index contributed by atoms with van der Waals surface area (Å²) in [4.78, 5) is 16.8. The van der Waals surface area contributed by atoms with Crippen molar-refractivity contribution in [3.05, 3.63) is 47.8 Å². The molecule has 1 heterocycles. The Morgan fingerprint density at radius 3 is 2.59 bits per heavy atom. The van der Waals surface area contributed by atoms with Gasteiger partial charge in [0.2, 0.25) is 0 Å². The van der Waals surface area contributed by atoms with Gasteiger partial charge in [-0.2, -0.15) is 13.2 Å². The van der Waals surface area contributed by atoms with Crippen molar-refractivity contribution in [3.63, 3.8) is 0 Å². The Labute approximate surface area is 211 Å². The van der Waals surface area contributed by atoms with Crippen LogP contribution < -0.4 is 15.4 Å². The topological polar surface area (TPSA) is 112 Å². The Morgan fingerprint density at radius 1 is 1.19 bits per heavy atom. The number of nitrogens with one attached hydrogen (secondary N) is 2. The average Bonchev–Trinajstić information content (AvgIpc) is 3.21. The summed E-state index contributed by atoms with van der Waals surface area (Å²) in [6.45, 7) is -0.761. The fourth-order valence-electron chi connectivity index (χ4n) is 3.43. The number of hydrogen-bond donors (Lipinski definition) is 2. The van der Waals surface area contributed by atoms with Crippen LogP contribution in [0.2, 0.25) is 0 Å². The highest BCUT2D eigenvalue weighted by molar-refractivity contribution is 7.90. The predicted molar refractivity (Wildman–Crippen MR) is 131 cm³/mol. The number of amides is 1. The van der Waals surface area contributed by atoms with E-state index in [0.29, 0.717) is 17.0 Å². The van der Waals surface area contributed by atoms with E-state index in [4.69, 9.17) is 9.47 Å². The van der Waals surface area contributed by atoms with Crippen LogP contribution in [0.5, 0.6) is 5.75 Å². The number of halogens is 3. The Morgan fingerprint density at radius 2 is 1.95 bits per heavy atom. The highest BCUT2D eigenvalue weighted by atomic mass is 32.2. The lowest BCUT2D eigenvalue weighted by Crippen LogP contribution is -2.27. The van der Waals surface area contributed by atoms with Crippen molar-refractivity contribution in [2.45, 2.75) is 17.6 Å². The summed E-state index contributed by atoms with van der Waals surface area (Å²) >= 11 is 0. The van der Waals surface area contributed by atoms with Gasteiger partial charge in [-0.3, -0.25) is 4.79 Å². The largest absolute Gasteiger partial charge is 0.495 e. The lowest BCUT2D eigenvalue weighted by Gasteiger charge is -2.11. The minimum atomic E-state index is -4.49. The molecule has 13 heteroatoms. The van der Waals surface area contributed by atoms with Crippen molar-refractivity contribution in [1.29, 1.82) is 0 Å². The second kappa shape index (κ2) is 11.5. The third-order valence-corrected chi connectivity index (χ3v) is 6.22. The second-order valence-corrected chi connectivity index (χ2v) is 9.93. The monoisotopic (exact) mass is 538 g/mol. The number of anilines is 1. The van der Waals surface area contributed by atoms with Gasteiger partial charge in [0.25, 0.3) is 5.91 Å². The van der Waals surface area contributed by atoms with Gasteiger partial charge in [-0.1, -0.05) is 11.8 Å². The molecule has 9 nitrogen and oxygen atoms in total. The Bertz CT molecular complexity index is 1460. The molecule has 0 radical (unpaired) electrons. The molecule has 0 aliphatic rings. The number of benzene rings is 2. The number of sulfone groups is 1. The molecular weight excluding hydrogens is 513 g/mol. The van der Waals surface area contributed by atoms with Gasteiger partial charge < -0.3 is 24.7 Å². The molecule has 0 atom stereocenters. The first-order valence-electron chi connectivity index (χ1n) is 10.9. The molecule has 0 unspecified atom stereocenters. The fourth-order valence-corrected chi connectivity index (χ4v) is 4.08. The lowest BCUT2D eigenvalue weighted by atomic mass is 10.1. The SMILES string of the molecule is COCCNC(=O)c1cc(C#CCNc2cc(S(C)(=O)=O)ccc2OC)cc2c1ncn2CC(F)(F)F. The number of imidazole rings is 1. The van der Waals surface area contributed by atoms with E-state index in [-0.39, 0.29) is 41.2 Å². The van der Waals surface area contributed by atoms with Gasteiger partial charge in [-0.05, 0) is 30.3 Å². The molecule has 1 amide bonds. The minimum Gasteiger partial charge on any atom is -0.495 e. The smallest absolute Gasteiger partial charge is 0.406 e. The van der Waals surface area contributed by atoms with E-state index >= 15 is 0 Å². The van der Waals surface area contributed by atoms with Crippen molar-refractivity contribution in [2.24, 2.45) is 0 Å². The van der Waals surface area contributed by atoms with Gasteiger partial charge in [0.15, 0.2) is 9.84 Å². The molecular formula is C24H25F3N4O5S. The van der Waals surface area contributed by atoms with Gasteiger partial charge in [0.1, 0.15) is 17.8 Å². The molecule has 198 valence electrons. The third kappa shape index (κ3) is 7.37.